The molecule has 0 amide bonds. The molecular formula is C17H17N5. The minimum atomic E-state index is 0.567. The van der Waals surface area contributed by atoms with Crippen molar-refractivity contribution in [1.82, 2.24) is 19.6 Å². The molecule has 3 aromatic rings. The van der Waals surface area contributed by atoms with Crippen molar-refractivity contribution >= 4 is 11.7 Å². The van der Waals surface area contributed by atoms with E-state index in [1.807, 2.05) is 36.4 Å². The van der Waals surface area contributed by atoms with Crippen LogP contribution in [-0.2, 0) is 0 Å². The lowest BCUT2D eigenvalue weighted by Crippen LogP contribution is -2.19. The average Bonchev–Trinajstić information content (AvgIpc) is 3.25. The number of aromatic nitrogens is 4. The highest BCUT2D eigenvalue weighted by molar-refractivity contribution is 5.41. The Labute approximate surface area is 129 Å². The highest BCUT2D eigenvalue weighted by Gasteiger charge is 2.17. The maximum Gasteiger partial charge on any atom is 0.255 e. The monoisotopic (exact) mass is 291 g/mol. The number of fused-ring (bicyclic) bond motifs is 1. The van der Waals surface area contributed by atoms with Gasteiger partial charge in [0.25, 0.3) is 5.78 Å². The van der Waals surface area contributed by atoms with Gasteiger partial charge in [-0.2, -0.15) is 4.98 Å². The molecule has 0 spiro atoms. The molecule has 3 heterocycles. The van der Waals surface area contributed by atoms with E-state index < -0.39 is 0 Å². The molecule has 1 saturated heterocycles. The van der Waals surface area contributed by atoms with Gasteiger partial charge in [0.2, 0.25) is 5.95 Å². The number of nitrogens with zero attached hydrogens (tertiary/aromatic N) is 5. The van der Waals surface area contributed by atoms with Crippen LogP contribution in [0.5, 0.6) is 0 Å². The Morgan fingerprint density at radius 2 is 1.59 bits per heavy atom. The molecule has 0 bridgehead atoms. The van der Waals surface area contributed by atoms with Crippen LogP contribution >= 0.6 is 0 Å². The van der Waals surface area contributed by atoms with Crippen LogP contribution in [0.15, 0.2) is 48.7 Å². The van der Waals surface area contributed by atoms with Crippen LogP contribution in [-0.4, -0.2) is 32.7 Å². The van der Waals surface area contributed by atoms with Crippen LogP contribution in [0.3, 0.4) is 0 Å². The first kappa shape index (κ1) is 14.1. The largest absolute Gasteiger partial charge is 0.339 e. The summed E-state index contributed by atoms with van der Waals surface area (Å²) >= 11 is 0. The van der Waals surface area contributed by atoms with E-state index in [9.17, 15) is 0 Å². The smallest absolute Gasteiger partial charge is 0.255 e. The molecule has 1 aliphatic heterocycles. The third kappa shape index (κ3) is 3.23. The number of terminal acetylenes is 1. The van der Waals surface area contributed by atoms with Gasteiger partial charge in [-0.15, -0.1) is 11.5 Å². The van der Waals surface area contributed by atoms with E-state index in [2.05, 4.69) is 25.9 Å². The summed E-state index contributed by atoms with van der Waals surface area (Å²) in [4.78, 5) is 10.8. The Bertz CT molecular complexity index is 740. The van der Waals surface area contributed by atoms with Crippen LogP contribution < -0.4 is 4.90 Å². The summed E-state index contributed by atoms with van der Waals surface area (Å²) in [7, 11) is 0. The molecule has 4 rings (SSSR count). The molecule has 0 atom stereocenters. The zero-order valence-corrected chi connectivity index (χ0v) is 12.3. The maximum absolute atomic E-state index is 5.29. The van der Waals surface area contributed by atoms with Gasteiger partial charge in [0.1, 0.15) is 5.69 Å². The zero-order chi connectivity index (χ0) is 15.2. The SMILES string of the molecule is C#Cc1ccn2nc(N3CCCC3)nc2n1.c1ccccc1. The average molecular weight is 291 g/mol. The van der Waals surface area contributed by atoms with Crippen LogP contribution in [0.2, 0.25) is 0 Å². The Balaban J connectivity index is 0.000000202. The fourth-order valence-electron chi connectivity index (χ4n) is 2.28. The number of hydrogen-bond donors (Lipinski definition) is 0. The minimum absolute atomic E-state index is 0.567. The molecule has 5 nitrogen and oxygen atoms in total. The van der Waals surface area contributed by atoms with Crippen molar-refractivity contribution in [2.45, 2.75) is 12.8 Å². The van der Waals surface area contributed by atoms with E-state index in [1.54, 1.807) is 16.8 Å². The molecule has 0 aliphatic carbocycles. The van der Waals surface area contributed by atoms with Crippen LogP contribution in [0, 0.1) is 12.3 Å². The fraction of sp³-hybridized carbons (Fsp3) is 0.235. The Morgan fingerprint density at radius 1 is 0.955 bits per heavy atom. The molecule has 0 radical (unpaired) electrons. The van der Waals surface area contributed by atoms with Crippen molar-refractivity contribution in [2.75, 3.05) is 18.0 Å². The molecule has 0 saturated carbocycles. The predicted molar refractivity (Wildman–Crippen MR) is 86.6 cm³/mol. The van der Waals surface area contributed by atoms with Crippen molar-refractivity contribution in [3.63, 3.8) is 0 Å². The maximum atomic E-state index is 5.29. The van der Waals surface area contributed by atoms with Crippen molar-refractivity contribution in [3.8, 4) is 12.3 Å². The molecule has 0 N–H and O–H groups in total. The minimum Gasteiger partial charge on any atom is -0.339 e. The van der Waals surface area contributed by atoms with Crippen LogP contribution in [0.4, 0.5) is 5.95 Å². The Hall–Kier alpha value is -2.87. The number of hydrogen-bond acceptors (Lipinski definition) is 4. The van der Waals surface area contributed by atoms with E-state index >= 15 is 0 Å². The molecule has 22 heavy (non-hydrogen) atoms. The lowest BCUT2D eigenvalue weighted by Gasteiger charge is -2.10. The summed E-state index contributed by atoms with van der Waals surface area (Å²) in [6.45, 7) is 2.05. The van der Waals surface area contributed by atoms with Crippen molar-refractivity contribution in [1.29, 1.82) is 0 Å². The second-order valence-electron chi connectivity index (χ2n) is 4.96. The third-order valence-electron chi connectivity index (χ3n) is 3.40. The molecular weight excluding hydrogens is 274 g/mol. The van der Waals surface area contributed by atoms with E-state index in [0.29, 0.717) is 11.5 Å². The van der Waals surface area contributed by atoms with Crippen molar-refractivity contribution in [3.05, 3.63) is 54.4 Å². The second-order valence-corrected chi connectivity index (χ2v) is 4.96. The number of anilines is 1. The molecule has 1 aliphatic rings. The summed E-state index contributed by atoms with van der Waals surface area (Å²) in [6.07, 6.45) is 9.50. The van der Waals surface area contributed by atoms with Gasteiger partial charge in [0.15, 0.2) is 0 Å². The molecule has 110 valence electrons. The van der Waals surface area contributed by atoms with Crippen molar-refractivity contribution < 1.29 is 0 Å². The Morgan fingerprint density at radius 3 is 2.18 bits per heavy atom. The highest BCUT2D eigenvalue weighted by atomic mass is 15.4. The quantitative estimate of drug-likeness (QED) is 0.646. The van der Waals surface area contributed by atoms with E-state index in [4.69, 9.17) is 6.42 Å². The van der Waals surface area contributed by atoms with Gasteiger partial charge in [-0.1, -0.05) is 42.3 Å². The topological polar surface area (TPSA) is 46.3 Å². The lowest BCUT2D eigenvalue weighted by atomic mass is 10.4. The van der Waals surface area contributed by atoms with Gasteiger partial charge in [-0.25, -0.2) is 9.50 Å². The van der Waals surface area contributed by atoms with Crippen LogP contribution in [0.25, 0.3) is 5.78 Å². The van der Waals surface area contributed by atoms with Gasteiger partial charge >= 0.3 is 0 Å². The van der Waals surface area contributed by atoms with Gasteiger partial charge in [-0.3, -0.25) is 0 Å². The summed E-state index contributed by atoms with van der Waals surface area (Å²) < 4.78 is 1.66. The Kier molecular flexibility index (Phi) is 4.30. The first-order chi connectivity index (χ1) is 10.9. The molecule has 5 heteroatoms. The summed E-state index contributed by atoms with van der Waals surface area (Å²) in [5.41, 5.74) is 0.591. The zero-order valence-electron chi connectivity index (χ0n) is 12.3. The van der Waals surface area contributed by atoms with E-state index in [-0.39, 0.29) is 0 Å². The molecule has 1 aromatic carbocycles. The van der Waals surface area contributed by atoms with Crippen LogP contribution in [0.1, 0.15) is 18.5 Å². The summed E-state index contributed by atoms with van der Waals surface area (Å²) in [5.74, 6) is 3.81. The second kappa shape index (κ2) is 6.72. The van der Waals surface area contributed by atoms with E-state index in [0.717, 1.165) is 19.0 Å². The number of benzene rings is 1. The van der Waals surface area contributed by atoms with Crippen molar-refractivity contribution in [2.24, 2.45) is 0 Å². The lowest BCUT2D eigenvalue weighted by molar-refractivity contribution is 0.871. The first-order valence-corrected chi connectivity index (χ1v) is 7.32. The third-order valence-corrected chi connectivity index (χ3v) is 3.40. The van der Waals surface area contributed by atoms with Gasteiger partial charge in [0, 0.05) is 19.3 Å². The highest BCUT2D eigenvalue weighted by Crippen LogP contribution is 2.16. The normalized spacial score (nSPS) is 13.5. The summed E-state index contributed by atoms with van der Waals surface area (Å²) in [6, 6.07) is 13.8. The predicted octanol–water partition coefficient (Wildman–Crippen LogP) is 2.39. The first-order valence-electron chi connectivity index (χ1n) is 7.32. The van der Waals surface area contributed by atoms with E-state index in [1.165, 1.54) is 12.8 Å². The van der Waals surface area contributed by atoms with Gasteiger partial charge < -0.3 is 4.90 Å². The molecule has 2 aromatic heterocycles. The molecule has 0 unspecified atom stereocenters. The van der Waals surface area contributed by atoms with Gasteiger partial charge in [-0.05, 0) is 18.9 Å². The summed E-state index contributed by atoms with van der Waals surface area (Å²) in [5, 5.41) is 4.37. The number of rotatable bonds is 1. The fourth-order valence-corrected chi connectivity index (χ4v) is 2.28. The van der Waals surface area contributed by atoms with Gasteiger partial charge in [0.05, 0.1) is 0 Å². The molecule has 1 fully saturated rings. The standard InChI is InChI=1S/C11H11N5.C6H6/c1-2-9-5-8-16-10(12-9)13-11(14-16)15-6-3-4-7-15;1-2-4-6-5-3-1/h1,5,8H,3-4,6-7H2;1-6H.